The molecule has 3 aliphatic rings. The molecular formula is C47H69ClN4O11S2. The lowest BCUT2D eigenvalue weighted by atomic mass is 9.77. The second kappa shape index (κ2) is 22.9. The second-order valence-electron chi connectivity index (χ2n) is 18.8. The maximum atomic E-state index is 14.3. The second-order valence-corrected chi connectivity index (χ2v) is 22.3. The Balaban J connectivity index is 1.49. The van der Waals surface area contributed by atoms with Crippen LogP contribution in [-0.4, -0.2) is 125 Å². The number of hydrogen-bond acceptors (Lipinski definition) is 12. The summed E-state index contributed by atoms with van der Waals surface area (Å²) < 4.78 is 17.6. The number of fused-ring (bicyclic) bond motifs is 5. The topological polar surface area (TPSA) is 204 Å². The highest BCUT2D eigenvalue weighted by atomic mass is 35.5. The Kier molecular flexibility index (Phi) is 19.0. The van der Waals surface area contributed by atoms with Crippen LogP contribution >= 0.6 is 33.2 Å². The van der Waals surface area contributed by atoms with Crippen LogP contribution in [-0.2, 0) is 44.6 Å². The number of carboxylic acid groups (broad SMARTS) is 1. The van der Waals surface area contributed by atoms with E-state index < -0.39 is 65.5 Å². The fraction of sp³-hybridized carbons (Fsp3) is 0.660. The molecule has 3 aliphatic heterocycles. The molecule has 15 nitrogen and oxygen atoms in total. The number of Topliss-reactive ketones (excluding diaryl/α,β-unsaturated/α-hetero) is 1. The van der Waals surface area contributed by atoms with Crippen LogP contribution in [0.4, 0.5) is 10.5 Å². The number of methoxy groups -OCH3 is 1. The Bertz CT molecular complexity index is 2000. The van der Waals surface area contributed by atoms with Crippen molar-refractivity contribution in [1.82, 2.24) is 15.5 Å². The largest absolute Gasteiger partial charge is 0.481 e. The summed E-state index contributed by atoms with van der Waals surface area (Å²) in [5.41, 5.74) is 0.405. The summed E-state index contributed by atoms with van der Waals surface area (Å²) in [7, 11) is 8.00. The van der Waals surface area contributed by atoms with Gasteiger partial charge < -0.3 is 39.5 Å². The number of rotatable bonds is 17. The SMILES string of the molecule is CO[C@@H]1/C=C/C=C(\C)Cc2cc(C)c(Cl)c(c2)N(C)C(=O)C[C@H](CC(=O)[C@H](C)N(C)C(=O)CCC(C)(C)SSCCCNC(=O)C(C)CC(=O)O)[C@]2(C)O[C@H]2[C@H](C)[C@@H]2C[C@@]1(O)NC(=O)O2. The van der Waals surface area contributed by atoms with Crippen molar-refractivity contribution in [1.29, 1.82) is 0 Å². The molecule has 362 valence electrons. The van der Waals surface area contributed by atoms with E-state index >= 15 is 0 Å². The Labute approximate surface area is 396 Å². The third-order valence-corrected chi connectivity index (χ3v) is 16.9. The molecule has 0 aromatic heterocycles. The number of halogens is 1. The first-order valence-corrected chi connectivity index (χ1v) is 24.9. The van der Waals surface area contributed by atoms with Gasteiger partial charge in [0.25, 0.3) is 0 Å². The highest BCUT2D eigenvalue weighted by Crippen LogP contribution is 2.52. The van der Waals surface area contributed by atoms with Crippen LogP contribution in [0.5, 0.6) is 0 Å². The first-order chi connectivity index (χ1) is 30.3. The number of nitrogens with zero attached hydrogens (tertiary/aromatic N) is 2. The normalized spacial score (nSPS) is 28.4. The van der Waals surface area contributed by atoms with Gasteiger partial charge in [0.05, 0.1) is 34.9 Å². The fourth-order valence-corrected chi connectivity index (χ4v) is 11.3. The number of anilines is 1. The minimum absolute atomic E-state index is 0.0230. The minimum atomic E-state index is -1.81. The summed E-state index contributed by atoms with van der Waals surface area (Å²) in [5.74, 6) is -3.00. The van der Waals surface area contributed by atoms with E-state index in [1.54, 1.807) is 61.7 Å². The Morgan fingerprint density at radius 3 is 2.54 bits per heavy atom. The van der Waals surface area contributed by atoms with E-state index in [1.807, 2.05) is 59.8 Å². The molecule has 1 unspecified atom stereocenters. The van der Waals surface area contributed by atoms with Crippen LogP contribution in [0.3, 0.4) is 0 Å². The predicted octanol–water partition coefficient (Wildman–Crippen LogP) is 7.04. The van der Waals surface area contributed by atoms with Crippen molar-refractivity contribution in [2.24, 2.45) is 17.8 Å². The van der Waals surface area contributed by atoms with E-state index in [2.05, 4.69) is 10.6 Å². The number of aliphatic hydroxyl groups is 1. The molecule has 4 N–H and O–H groups in total. The number of ketones is 1. The standard InChI is InChI=1S/C47H69ClN4O11S2/c1-27-14-12-15-37(61-11)47(60)26-36(62-44(59)50-47)30(4)42-46(8,63-42)33(25-39(55)52(10)34-23-32(20-27)21-28(2)41(34)48)24-35(53)31(5)51(9)38(54)16-17-45(6,7)65-64-19-13-18-49-43(58)29(3)22-40(56)57/h12,14-15,21,23,29-31,33,36-37,42,60H,13,16-20,22,24-26H2,1-11H3,(H,49,58)(H,50,59)(H,56,57)/b15-12+,27-14+/t29?,30-,31+,33+,36+,37-,42+,46+,47+/m1/s1. The number of allylic oxidation sites excluding steroid dienone is 3. The number of epoxide rings is 1. The molecule has 0 aliphatic carbocycles. The van der Waals surface area contributed by atoms with Gasteiger partial charge in [0, 0.05) is 81.7 Å². The molecule has 65 heavy (non-hydrogen) atoms. The number of likely N-dealkylation sites (N-methyl/N-ethyl adjacent to an activating group) is 1. The lowest BCUT2D eigenvalue weighted by Gasteiger charge is -2.42. The average molecular weight is 966 g/mol. The molecule has 2 fully saturated rings. The van der Waals surface area contributed by atoms with Crippen molar-refractivity contribution in [3.8, 4) is 0 Å². The minimum Gasteiger partial charge on any atom is -0.481 e. The van der Waals surface area contributed by atoms with E-state index in [0.29, 0.717) is 36.5 Å². The van der Waals surface area contributed by atoms with Crippen molar-refractivity contribution in [2.45, 2.75) is 147 Å². The summed E-state index contributed by atoms with van der Waals surface area (Å²) in [6.07, 6.45) is 3.83. The lowest BCUT2D eigenvalue weighted by Crippen LogP contribution is -2.63. The van der Waals surface area contributed by atoms with Gasteiger partial charge >= 0.3 is 12.1 Å². The quantitative estimate of drug-likeness (QED) is 0.0704. The number of aryl methyl sites for hydroxylation is 1. The molecule has 4 amide bonds. The number of nitrogens with one attached hydrogen (secondary N) is 2. The smallest absolute Gasteiger partial charge is 0.409 e. The van der Waals surface area contributed by atoms with Crippen molar-refractivity contribution >= 4 is 74.4 Å². The monoisotopic (exact) mass is 964 g/mol. The number of alkyl carbamates (subject to hydrolysis) is 1. The van der Waals surface area contributed by atoms with Crippen LogP contribution in [0.1, 0.15) is 105 Å². The number of carboxylic acids is 1. The lowest BCUT2D eigenvalue weighted by molar-refractivity contribution is -0.142. The zero-order valence-corrected chi connectivity index (χ0v) is 42.0. The first-order valence-electron chi connectivity index (χ1n) is 22.2. The highest BCUT2D eigenvalue weighted by molar-refractivity contribution is 8.77. The van der Waals surface area contributed by atoms with Gasteiger partial charge in [-0.2, -0.15) is 0 Å². The molecule has 0 saturated carbocycles. The van der Waals surface area contributed by atoms with Crippen LogP contribution in [0, 0.1) is 24.7 Å². The van der Waals surface area contributed by atoms with Gasteiger partial charge in [-0.15, -0.1) is 0 Å². The number of hydrogen-bond donors (Lipinski definition) is 4. The van der Waals surface area contributed by atoms with Crippen molar-refractivity contribution in [3.05, 3.63) is 52.1 Å². The zero-order valence-electron chi connectivity index (χ0n) is 39.7. The molecular weight excluding hydrogens is 896 g/mol. The maximum absolute atomic E-state index is 14.3. The Hall–Kier alpha value is -3.61. The summed E-state index contributed by atoms with van der Waals surface area (Å²) in [6, 6.07) is 3.05. The molecule has 0 radical (unpaired) electrons. The number of carbonyl (C=O) groups is 6. The molecule has 1 aromatic rings. The average Bonchev–Trinajstić information content (AvgIpc) is 3.93. The Morgan fingerprint density at radius 1 is 1.18 bits per heavy atom. The number of amides is 4. The van der Waals surface area contributed by atoms with E-state index in [9.17, 15) is 33.9 Å². The Morgan fingerprint density at radius 2 is 1.88 bits per heavy atom. The van der Waals surface area contributed by atoms with Gasteiger partial charge in [0.15, 0.2) is 11.5 Å². The number of ether oxygens (including phenoxy) is 3. The van der Waals surface area contributed by atoms with Crippen LogP contribution < -0.4 is 15.5 Å². The molecule has 0 spiro atoms. The third-order valence-electron chi connectivity index (χ3n) is 12.9. The molecule has 2 saturated heterocycles. The third kappa shape index (κ3) is 14.4. The van der Waals surface area contributed by atoms with Crippen LogP contribution in [0.25, 0.3) is 0 Å². The van der Waals surface area contributed by atoms with Gasteiger partial charge in [-0.25, -0.2) is 4.79 Å². The van der Waals surface area contributed by atoms with E-state index in [1.165, 1.54) is 16.9 Å². The molecule has 18 heteroatoms. The van der Waals surface area contributed by atoms with Gasteiger partial charge in [-0.3, -0.25) is 29.3 Å². The molecule has 4 rings (SSSR count). The number of benzene rings is 1. The van der Waals surface area contributed by atoms with Crippen molar-refractivity contribution < 1.29 is 53.2 Å². The molecule has 9 atom stereocenters. The van der Waals surface area contributed by atoms with Gasteiger partial charge in [0.2, 0.25) is 17.7 Å². The highest BCUT2D eigenvalue weighted by Gasteiger charge is 2.63. The maximum Gasteiger partial charge on any atom is 0.409 e. The first kappa shape index (κ1) is 54.0. The summed E-state index contributed by atoms with van der Waals surface area (Å²) in [6.45, 7) is 15.3. The number of carbonyl (C=O) groups excluding carboxylic acids is 5. The van der Waals surface area contributed by atoms with Gasteiger partial charge in [-0.05, 0) is 78.0 Å². The van der Waals surface area contributed by atoms with E-state index in [4.69, 9.17) is 30.9 Å². The number of aliphatic carboxylic acids is 1. The van der Waals surface area contributed by atoms with E-state index in [0.717, 1.165) is 22.5 Å². The van der Waals surface area contributed by atoms with Gasteiger partial charge in [-0.1, -0.05) is 76.9 Å². The van der Waals surface area contributed by atoms with Gasteiger partial charge in [0.1, 0.15) is 12.2 Å². The molecule has 4 bridgehead atoms. The summed E-state index contributed by atoms with van der Waals surface area (Å²) >= 11 is 6.85. The predicted molar refractivity (Wildman–Crippen MR) is 255 cm³/mol. The van der Waals surface area contributed by atoms with E-state index in [-0.39, 0.29) is 60.4 Å². The van der Waals surface area contributed by atoms with Crippen molar-refractivity contribution in [3.63, 3.8) is 0 Å². The van der Waals surface area contributed by atoms with Crippen LogP contribution in [0.2, 0.25) is 5.02 Å². The fourth-order valence-electron chi connectivity index (χ4n) is 8.42. The van der Waals surface area contributed by atoms with Crippen LogP contribution in [0.15, 0.2) is 35.9 Å². The zero-order chi connectivity index (χ0) is 48.6. The summed E-state index contributed by atoms with van der Waals surface area (Å²) in [5, 5.41) is 26.5. The molecule has 1 aromatic carbocycles. The molecule has 3 heterocycles. The van der Waals surface area contributed by atoms with Crippen molar-refractivity contribution in [2.75, 3.05) is 38.4 Å². The summed E-state index contributed by atoms with van der Waals surface area (Å²) in [4.78, 5) is 81.1.